The highest BCUT2D eigenvalue weighted by Crippen LogP contribution is 2.31. The zero-order chi connectivity index (χ0) is 24.3. The number of nitrogens with zero attached hydrogens (tertiary/aromatic N) is 5. The Morgan fingerprint density at radius 1 is 1.26 bits per heavy atom. The van der Waals surface area contributed by atoms with Gasteiger partial charge in [-0.3, -0.25) is 0 Å². The molecule has 34 heavy (non-hydrogen) atoms. The lowest BCUT2D eigenvalue weighted by molar-refractivity contribution is -0.896. The number of ether oxygens (including phenoxy) is 1. The molecule has 0 amide bonds. The molecule has 3 aromatic rings. The first-order chi connectivity index (χ1) is 16.1. The van der Waals surface area contributed by atoms with Crippen LogP contribution in [0.4, 0.5) is 5.95 Å². The second-order valence-corrected chi connectivity index (χ2v) is 10.2. The molecule has 0 aliphatic carbocycles. The average Bonchev–Trinajstić information content (AvgIpc) is 3.13. The van der Waals surface area contributed by atoms with Crippen LogP contribution in [0.2, 0.25) is 5.15 Å². The molecule has 1 aromatic carbocycles. The number of nitrogens with one attached hydrogen (secondary N) is 1. The van der Waals surface area contributed by atoms with Gasteiger partial charge in [-0.15, -0.1) is 0 Å². The third-order valence-electron chi connectivity index (χ3n) is 6.57. The van der Waals surface area contributed by atoms with Crippen molar-refractivity contribution in [3.63, 3.8) is 0 Å². The van der Waals surface area contributed by atoms with Crippen molar-refractivity contribution in [3.05, 3.63) is 41.3 Å². The van der Waals surface area contributed by atoms with Gasteiger partial charge in [-0.1, -0.05) is 17.7 Å². The zero-order valence-electron chi connectivity index (χ0n) is 19.9. The van der Waals surface area contributed by atoms with E-state index in [1.807, 2.05) is 24.0 Å². The van der Waals surface area contributed by atoms with Gasteiger partial charge in [0.2, 0.25) is 11.8 Å². The Morgan fingerprint density at radius 3 is 2.76 bits per heavy atom. The lowest BCUT2D eigenvalue weighted by Crippen LogP contribution is -2.57. The molecule has 0 spiro atoms. The fourth-order valence-corrected chi connectivity index (χ4v) is 4.61. The van der Waals surface area contributed by atoms with E-state index in [0.717, 1.165) is 41.4 Å². The van der Waals surface area contributed by atoms with Gasteiger partial charge in [0.05, 0.1) is 56.7 Å². The van der Waals surface area contributed by atoms with E-state index in [2.05, 4.69) is 46.5 Å². The molecule has 1 fully saturated rings. The highest BCUT2D eigenvalue weighted by atomic mass is 35.5. The summed E-state index contributed by atoms with van der Waals surface area (Å²) in [6.07, 6.45) is 4.69. The molecule has 0 saturated carbocycles. The minimum Gasteiger partial charge on any atom is -0.550 e. The minimum atomic E-state index is -1.09. The molecule has 0 unspecified atom stereocenters. The molecule has 3 heterocycles. The molecule has 4 rings (SSSR count). The number of imidazole rings is 1. The van der Waals surface area contributed by atoms with Crippen molar-refractivity contribution < 1.29 is 19.1 Å². The van der Waals surface area contributed by atoms with Crippen LogP contribution in [-0.2, 0) is 18.3 Å². The molecular formula is C24H31ClN6O3. The topological polar surface area (TPSA) is 105 Å². The van der Waals surface area contributed by atoms with Gasteiger partial charge >= 0.3 is 0 Å². The standard InChI is InChI=1S/C24H31ClN6O3/c1-30-16-26-18-7-6-17(13-19(18)30)5-4-12-34-21-14-20(25)27-23(28-21)29-24(15-22(32)33)8-10-31(2,3)11-9-24/h6-7,13-14,16H,4-5,8-12,15H2,1-3H3,(H-,27,28,29,32,33). The number of benzene rings is 1. The Balaban J connectivity index is 1.38. The molecular weight excluding hydrogens is 456 g/mol. The highest BCUT2D eigenvalue weighted by molar-refractivity contribution is 6.29. The maximum absolute atomic E-state index is 11.5. The molecule has 1 aliphatic heterocycles. The number of rotatable bonds is 9. The van der Waals surface area contributed by atoms with Crippen LogP contribution in [0, 0.1) is 0 Å². The number of hydrogen-bond acceptors (Lipinski definition) is 7. The lowest BCUT2D eigenvalue weighted by Gasteiger charge is -2.45. The van der Waals surface area contributed by atoms with Crippen LogP contribution in [-0.4, -0.2) is 69.3 Å². The van der Waals surface area contributed by atoms with E-state index in [4.69, 9.17) is 16.3 Å². The number of carbonyl (C=O) groups is 1. The van der Waals surface area contributed by atoms with E-state index in [1.54, 1.807) is 6.07 Å². The predicted molar refractivity (Wildman–Crippen MR) is 129 cm³/mol. The highest BCUT2D eigenvalue weighted by Gasteiger charge is 2.39. The minimum absolute atomic E-state index is 0.111. The number of quaternary nitrogens is 1. The Kier molecular flexibility index (Phi) is 6.95. The number of aromatic nitrogens is 4. The van der Waals surface area contributed by atoms with Gasteiger partial charge in [0.25, 0.3) is 0 Å². The largest absolute Gasteiger partial charge is 0.550 e. The lowest BCUT2D eigenvalue weighted by atomic mass is 9.83. The van der Waals surface area contributed by atoms with E-state index in [1.165, 1.54) is 5.56 Å². The number of anilines is 1. The first-order valence-corrected chi connectivity index (χ1v) is 11.9. The van der Waals surface area contributed by atoms with E-state index in [9.17, 15) is 9.90 Å². The number of halogens is 1. The van der Waals surface area contributed by atoms with Gasteiger partial charge in [-0.2, -0.15) is 4.98 Å². The molecule has 10 heteroatoms. The number of carboxylic acids is 1. The summed E-state index contributed by atoms with van der Waals surface area (Å²) in [6, 6.07) is 7.83. The fraction of sp³-hybridized carbons (Fsp3) is 0.500. The smallest absolute Gasteiger partial charge is 0.227 e. The Hall–Kier alpha value is -2.91. The van der Waals surface area contributed by atoms with E-state index in [0.29, 0.717) is 25.3 Å². The summed E-state index contributed by atoms with van der Waals surface area (Å²) in [4.78, 5) is 24.5. The number of likely N-dealkylation sites (tertiary alicyclic amines) is 1. The SMILES string of the molecule is Cn1cnc2ccc(CCCOc3cc(Cl)nc(NC4(CC(=O)[O-])CC[N+](C)(C)CC4)n3)cc21. The monoisotopic (exact) mass is 486 g/mol. The van der Waals surface area contributed by atoms with Crippen molar-refractivity contribution >= 4 is 34.6 Å². The van der Waals surface area contributed by atoms with Crippen LogP contribution in [0.5, 0.6) is 5.88 Å². The van der Waals surface area contributed by atoms with Crippen molar-refractivity contribution in [1.82, 2.24) is 19.5 Å². The molecule has 2 aromatic heterocycles. The molecule has 9 nitrogen and oxygen atoms in total. The molecule has 0 bridgehead atoms. The van der Waals surface area contributed by atoms with Crippen LogP contribution in [0.1, 0.15) is 31.2 Å². The van der Waals surface area contributed by atoms with E-state index >= 15 is 0 Å². The second-order valence-electron chi connectivity index (χ2n) is 9.82. The van der Waals surface area contributed by atoms with Crippen LogP contribution in [0.15, 0.2) is 30.6 Å². The zero-order valence-corrected chi connectivity index (χ0v) is 20.6. The molecule has 0 atom stereocenters. The number of piperidine rings is 1. The summed E-state index contributed by atoms with van der Waals surface area (Å²) in [6.45, 7) is 2.15. The second kappa shape index (κ2) is 9.76. The van der Waals surface area contributed by atoms with Crippen molar-refractivity contribution in [2.45, 2.75) is 37.6 Å². The summed E-state index contributed by atoms with van der Waals surface area (Å²) in [5.41, 5.74) is 2.63. The summed E-state index contributed by atoms with van der Waals surface area (Å²) < 4.78 is 8.71. The van der Waals surface area contributed by atoms with Gasteiger partial charge in [-0.25, -0.2) is 9.97 Å². The molecule has 0 radical (unpaired) electrons. The maximum atomic E-state index is 11.5. The molecule has 1 N–H and O–H groups in total. The number of carbonyl (C=O) groups excluding carboxylic acids is 1. The van der Waals surface area contributed by atoms with Crippen LogP contribution in [0.3, 0.4) is 0 Å². The first kappa shape index (κ1) is 24.2. The third-order valence-corrected chi connectivity index (χ3v) is 6.77. The summed E-state index contributed by atoms with van der Waals surface area (Å²) in [5.74, 6) is -0.458. The van der Waals surface area contributed by atoms with Crippen molar-refractivity contribution in [2.24, 2.45) is 7.05 Å². The van der Waals surface area contributed by atoms with Gasteiger partial charge < -0.3 is 29.0 Å². The van der Waals surface area contributed by atoms with Crippen LogP contribution < -0.4 is 15.2 Å². The predicted octanol–water partition coefficient (Wildman–Crippen LogP) is 2.19. The van der Waals surface area contributed by atoms with Crippen molar-refractivity contribution in [3.8, 4) is 5.88 Å². The third kappa shape index (κ3) is 5.95. The molecule has 1 aliphatic rings. The van der Waals surface area contributed by atoms with Gasteiger partial charge in [0, 0.05) is 38.3 Å². The first-order valence-electron chi connectivity index (χ1n) is 11.5. The Labute approximate surface area is 204 Å². The van der Waals surface area contributed by atoms with Gasteiger partial charge in [0.15, 0.2) is 0 Å². The number of fused-ring (bicyclic) bond motifs is 1. The number of hydrogen-bond donors (Lipinski definition) is 1. The number of aliphatic carboxylic acids is 1. The van der Waals surface area contributed by atoms with Crippen molar-refractivity contribution in [1.29, 1.82) is 0 Å². The average molecular weight is 487 g/mol. The normalized spacial score (nSPS) is 16.9. The maximum Gasteiger partial charge on any atom is 0.227 e. The Morgan fingerprint density at radius 2 is 2.03 bits per heavy atom. The summed E-state index contributed by atoms with van der Waals surface area (Å²) in [7, 11) is 6.26. The Bertz CT molecular complexity index is 1170. The molecule has 1 saturated heterocycles. The fourth-order valence-electron chi connectivity index (χ4n) is 4.44. The number of carboxylic acid groups (broad SMARTS) is 1. The van der Waals surface area contributed by atoms with E-state index in [-0.39, 0.29) is 17.5 Å². The summed E-state index contributed by atoms with van der Waals surface area (Å²) >= 11 is 6.22. The van der Waals surface area contributed by atoms with Crippen LogP contribution >= 0.6 is 11.6 Å². The van der Waals surface area contributed by atoms with E-state index < -0.39 is 11.5 Å². The molecule has 182 valence electrons. The van der Waals surface area contributed by atoms with Crippen molar-refractivity contribution in [2.75, 3.05) is 39.1 Å². The van der Waals surface area contributed by atoms with Gasteiger partial charge in [-0.05, 0) is 30.5 Å². The number of aryl methyl sites for hydroxylation is 2. The van der Waals surface area contributed by atoms with Crippen LogP contribution in [0.25, 0.3) is 11.0 Å². The summed E-state index contributed by atoms with van der Waals surface area (Å²) in [5, 5.41) is 15.0. The van der Waals surface area contributed by atoms with Gasteiger partial charge in [0.1, 0.15) is 5.15 Å². The quantitative estimate of drug-likeness (QED) is 0.281.